The van der Waals surface area contributed by atoms with Gasteiger partial charge in [-0.3, -0.25) is 0 Å². The van der Waals surface area contributed by atoms with E-state index in [2.05, 4.69) is 10.2 Å². The third-order valence-corrected chi connectivity index (χ3v) is 3.79. The van der Waals surface area contributed by atoms with Crippen molar-refractivity contribution >= 4 is 22.9 Å². The largest absolute Gasteiger partial charge is 0.381 e. The third kappa shape index (κ3) is 3.38. The quantitative estimate of drug-likeness (QED) is 0.837. The van der Waals surface area contributed by atoms with Gasteiger partial charge in [-0.25, -0.2) is 0 Å². The number of nitrogens with zero attached hydrogens (tertiary/aromatic N) is 2. The monoisotopic (exact) mass is 262 g/mol. The molecule has 0 saturated heterocycles. The molecule has 90 valence electrons. The average molecular weight is 263 g/mol. The van der Waals surface area contributed by atoms with Crippen LogP contribution in [0.25, 0.3) is 0 Å². The summed E-state index contributed by atoms with van der Waals surface area (Å²) in [4.78, 5) is 0. The molecule has 0 bridgehead atoms. The van der Waals surface area contributed by atoms with E-state index in [1.54, 1.807) is 7.11 Å². The van der Waals surface area contributed by atoms with Crippen LogP contribution in [0.4, 0.5) is 0 Å². The number of ether oxygens (including phenoxy) is 2. The summed E-state index contributed by atoms with van der Waals surface area (Å²) in [6.07, 6.45) is 5.01. The third-order valence-electron chi connectivity index (χ3n) is 2.80. The van der Waals surface area contributed by atoms with Gasteiger partial charge in [0, 0.05) is 7.11 Å². The number of hydrogen-bond donors (Lipinski definition) is 0. The molecule has 4 nitrogen and oxygen atoms in total. The van der Waals surface area contributed by atoms with Crippen LogP contribution < -0.4 is 0 Å². The smallest absolute Gasteiger partial charge is 0.207 e. The number of hydrogen-bond acceptors (Lipinski definition) is 5. The van der Waals surface area contributed by atoms with Crippen molar-refractivity contribution in [3.63, 3.8) is 0 Å². The lowest BCUT2D eigenvalue weighted by Crippen LogP contribution is -2.27. The van der Waals surface area contributed by atoms with E-state index in [-0.39, 0.29) is 6.10 Å². The number of halogens is 1. The predicted octanol–water partition coefficient (Wildman–Crippen LogP) is 2.67. The van der Waals surface area contributed by atoms with Crippen LogP contribution in [0.1, 0.15) is 30.7 Å². The van der Waals surface area contributed by atoms with Crippen LogP contribution in [0, 0.1) is 0 Å². The van der Waals surface area contributed by atoms with Crippen molar-refractivity contribution in [2.75, 3.05) is 7.11 Å². The van der Waals surface area contributed by atoms with E-state index in [9.17, 15) is 0 Å². The SMILES string of the molecule is COC1CCCC(OCc2nnc(Cl)s2)C1. The minimum absolute atomic E-state index is 0.279. The Labute approximate surface area is 104 Å². The van der Waals surface area contributed by atoms with Crippen LogP contribution in [0.2, 0.25) is 4.47 Å². The van der Waals surface area contributed by atoms with Gasteiger partial charge in [0.2, 0.25) is 4.47 Å². The van der Waals surface area contributed by atoms with E-state index >= 15 is 0 Å². The van der Waals surface area contributed by atoms with Gasteiger partial charge in [-0.1, -0.05) is 11.3 Å². The normalized spacial score (nSPS) is 25.9. The molecule has 2 atom stereocenters. The molecule has 1 aromatic rings. The summed E-state index contributed by atoms with van der Waals surface area (Å²) in [5.74, 6) is 0. The summed E-state index contributed by atoms with van der Waals surface area (Å²) >= 11 is 7.07. The number of methoxy groups -OCH3 is 1. The molecular weight excluding hydrogens is 248 g/mol. The Kier molecular flexibility index (Phi) is 4.52. The molecule has 1 saturated carbocycles. The van der Waals surface area contributed by atoms with Crippen molar-refractivity contribution in [1.82, 2.24) is 10.2 Å². The molecule has 1 heterocycles. The molecule has 2 unspecified atom stereocenters. The highest BCUT2D eigenvalue weighted by Gasteiger charge is 2.22. The van der Waals surface area contributed by atoms with Gasteiger partial charge in [0.25, 0.3) is 0 Å². The summed E-state index contributed by atoms with van der Waals surface area (Å²) in [6, 6.07) is 0. The Morgan fingerprint density at radius 3 is 2.88 bits per heavy atom. The molecule has 0 spiro atoms. The van der Waals surface area contributed by atoms with Gasteiger partial charge in [-0.05, 0) is 37.3 Å². The second-order valence-electron chi connectivity index (χ2n) is 3.91. The number of aromatic nitrogens is 2. The molecule has 0 aliphatic heterocycles. The van der Waals surface area contributed by atoms with E-state index in [1.165, 1.54) is 17.8 Å². The molecule has 6 heteroatoms. The van der Waals surface area contributed by atoms with Crippen LogP contribution in [0.3, 0.4) is 0 Å². The Morgan fingerprint density at radius 2 is 2.19 bits per heavy atom. The summed E-state index contributed by atoms with van der Waals surface area (Å²) in [6.45, 7) is 0.505. The lowest BCUT2D eigenvalue weighted by Gasteiger charge is -2.27. The minimum Gasteiger partial charge on any atom is -0.381 e. The number of rotatable bonds is 4. The van der Waals surface area contributed by atoms with Crippen molar-refractivity contribution in [2.45, 2.75) is 44.5 Å². The summed E-state index contributed by atoms with van der Waals surface area (Å²) in [7, 11) is 1.76. The molecule has 1 aliphatic rings. The molecule has 0 amide bonds. The van der Waals surface area contributed by atoms with Crippen LogP contribution in [0.5, 0.6) is 0 Å². The molecule has 0 aromatic carbocycles. The standard InChI is InChI=1S/C10H15ClN2O2S/c1-14-7-3-2-4-8(5-7)15-6-9-12-13-10(11)16-9/h7-8H,2-6H2,1H3. The first-order chi connectivity index (χ1) is 7.78. The highest BCUT2D eigenvalue weighted by atomic mass is 35.5. The van der Waals surface area contributed by atoms with Gasteiger partial charge in [0.05, 0.1) is 12.2 Å². The second kappa shape index (κ2) is 5.91. The molecular formula is C10H15ClN2O2S. The maximum atomic E-state index is 5.78. The van der Waals surface area contributed by atoms with E-state index in [0.29, 0.717) is 17.2 Å². The predicted molar refractivity (Wildman–Crippen MR) is 62.8 cm³/mol. The maximum absolute atomic E-state index is 5.78. The Balaban J connectivity index is 1.77. The lowest BCUT2D eigenvalue weighted by atomic mass is 9.95. The Hall–Kier alpha value is -0.230. The molecule has 16 heavy (non-hydrogen) atoms. The Bertz CT molecular complexity index is 334. The highest BCUT2D eigenvalue weighted by molar-refractivity contribution is 7.15. The first kappa shape index (κ1) is 12.2. The summed E-state index contributed by atoms with van der Waals surface area (Å²) in [5.41, 5.74) is 0. The van der Waals surface area contributed by atoms with Crippen LogP contribution >= 0.6 is 22.9 Å². The van der Waals surface area contributed by atoms with Crippen molar-refractivity contribution < 1.29 is 9.47 Å². The van der Waals surface area contributed by atoms with Gasteiger partial charge < -0.3 is 9.47 Å². The van der Waals surface area contributed by atoms with Crippen molar-refractivity contribution in [3.05, 3.63) is 9.47 Å². The Morgan fingerprint density at radius 1 is 1.38 bits per heavy atom. The van der Waals surface area contributed by atoms with Crippen LogP contribution in [0.15, 0.2) is 0 Å². The first-order valence-electron chi connectivity index (χ1n) is 5.40. The minimum atomic E-state index is 0.279. The summed E-state index contributed by atoms with van der Waals surface area (Å²) < 4.78 is 11.6. The topological polar surface area (TPSA) is 44.2 Å². The van der Waals surface area contributed by atoms with Gasteiger partial charge in [-0.15, -0.1) is 10.2 Å². The van der Waals surface area contributed by atoms with Crippen molar-refractivity contribution in [2.24, 2.45) is 0 Å². The average Bonchev–Trinajstić information content (AvgIpc) is 2.73. The van der Waals surface area contributed by atoms with Gasteiger partial charge in [-0.2, -0.15) is 0 Å². The van der Waals surface area contributed by atoms with Gasteiger partial charge in [0.1, 0.15) is 11.6 Å². The van der Waals surface area contributed by atoms with Crippen molar-refractivity contribution in [1.29, 1.82) is 0 Å². The van der Waals surface area contributed by atoms with Gasteiger partial charge >= 0.3 is 0 Å². The maximum Gasteiger partial charge on any atom is 0.207 e. The molecule has 0 N–H and O–H groups in total. The highest BCUT2D eigenvalue weighted by Crippen LogP contribution is 2.24. The van der Waals surface area contributed by atoms with E-state index in [4.69, 9.17) is 21.1 Å². The van der Waals surface area contributed by atoms with Gasteiger partial charge in [0.15, 0.2) is 0 Å². The fraction of sp³-hybridized carbons (Fsp3) is 0.800. The fourth-order valence-electron chi connectivity index (χ4n) is 1.95. The molecule has 0 radical (unpaired) electrons. The van der Waals surface area contributed by atoms with Crippen LogP contribution in [-0.4, -0.2) is 29.5 Å². The van der Waals surface area contributed by atoms with Crippen molar-refractivity contribution in [3.8, 4) is 0 Å². The molecule has 1 fully saturated rings. The van der Waals surface area contributed by atoms with Crippen LogP contribution in [-0.2, 0) is 16.1 Å². The zero-order valence-electron chi connectivity index (χ0n) is 9.19. The molecule has 1 aromatic heterocycles. The zero-order chi connectivity index (χ0) is 11.4. The zero-order valence-corrected chi connectivity index (χ0v) is 10.8. The molecule has 2 rings (SSSR count). The first-order valence-corrected chi connectivity index (χ1v) is 6.59. The fourth-order valence-corrected chi connectivity index (χ4v) is 2.74. The lowest BCUT2D eigenvalue weighted by molar-refractivity contribution is -0.0364. The second-order valence-corrected chi connectivity index (χ2v) is 5.55. The van der Waals surface area contributed by atoms with E-state index in [0.717, 1.165) is 24.3 Å². The summed E-state index contributed by atoms with van der Waals surface area (Å²) in [5, 5.41) is 8.50. The van der Waals surface area contributed by atoms with E-state index in [1.807, 2.05) is 0 Å². The molecule has 1 aliphatic carbocycles. The van der Waals surface area contributed by atoms with E-state index < -0.39 is 0 Å².